The highest BCUT2D eigenvalue weighted by Crippen LogP contribution is 2.32. The van der Waals surface area contributed by atoms with E-state index in [1.54, 1.807) is 29.3 Å². The molecule has 0 aliphatic carbocycles. The third-order valence-corrected chi connectivity index (χ3v) is 5.85. The van der Waals surface area contributed by atoms with Crippen molar-refractivity contribution in [2.24, 2.45) is 5.10 Å². The summed E-state index contributed by atoms with van der Waals surface area (Å²) in [5.74, 6) is -0.712. The molecule has 0 bridgehead atoms. The first kappa shape index (κ1) is 22.9. The molecule has 0 aliphatic rings. The number of benzene rings is 2. The number of anilines is 1. The van der Waals surface area contributed by atoms with Crippen molar-refractivity contribution in [3.63, 3.8) is 0 Å². The molecule has 1 aromatic heterocycles. The van der Waals surface area contributed by atoms with Gasteiger partial charge in [0.05, 0.1) is 18.2 Å². The molecular weight excluding hydrogens is 456 g/mol. The maximum absolute atomic E-state index is 12.3. The number of nitrogens with zero attached hydrogens (tertiary/aromatic N) is 3. The Morgan fingerprint density at radius 3 is 2.55 bits per heavy atom. The summed E-state index contributed by atoms with van der Waals surface area (Å²) in [5, 5.41) is 9.45. The number of amides is 1. The Balaban J connectivity index is 1.90. The lowest BCUT2D eigenvalue weighted by molar-refractivity contribution is 0.0981. The normalized spacial score (nSPS) is 11.8. The number of nitrogens with one attached hydrogen (secondary N) is 1. The zero-order chi connectivity index (χ0) is 22.6. The maximum atomic E-state index is 12.3. The number of rotatable bonds is 7. The first-order chi connectivity index (χ1) is 14.7. The summed E-state index contributed by atoms with van der Waals surface area (Å²) in [7, 11) is -3.68. The SMILES string of the molecule is CC(C)N(/N=C/c1ccccc1C(=O)NS(C)(=O)=O)c1nc(-c2ccccc2Cl)cs1. The van der Waals surface area contributed by atoms with Crippen LogP contribution in [0.5, 0.6) is 0 Å². The fourth-order valence-electron chi connectivity index (χ4n) is 2.73. The molecule has 0 fully saturated rings. The predicted molar refractivity (Wildman–Crippen MR) is 127 cm³/mol. The number of hydrogen-bond acceptors (Lipinski definition) is 7. The third kappa shape index (κ3) is 5.90. The lowest BCUT2D eigenvalue weighted by Gasteiger charge is -2.20. The molecule has 0 atom stereocenters. The van der Waals surface area contributed by atoms with Gasteiger partial charge in [-0.2, -0.15) is 5.10 Å². The molecule has 1 N–H and O–H groups in total. The van der Waals surface area contributed by atoms with Gasteiger partial charge in [-0.05, 0) is 26.0 Å². The van der Waals surface area contributed by atoms with Crippen LogP contribution in [0.15, 0.2) is 59.0 Å². The van der Waals surface area contributed by atoms with Gasteiger partial charge in [0.15, 0.2) is 0 Å². The number of sulfonamides is 1. The van der Waals surface area contributed by atoms with Crippen molar-refractivity contribution < 1.29 is 13.2 Å². The Morgan fingerprint density at radius 1 is 1.19 bits per heavy atom. The van der Waals surface area contributed by atoms with Crippen LogP contribution in [0.25, 0.3) is 11.3 Å². The Bertz CT molecular complexity index is 1220. The van der Waals surface area contributed by atoms with Crippen LogP contribution in [-0.4, -0.2) is 37.8 Å². The van der Waals surface area contributed by atoms with Crippen LogP contribution in [0, 0.1) is 0 Å². The summed E-state index contributed by atoms with van der Waals surface area (Å²) < 4.78 is 24.8. The Morgan fingerprint density at radius 2 is 1.87 bits per heavy atom. The molecule has 1 amide bonds. The minimum atomic E-state index is -3.68. The van der Waals surface area contributed by atoms with Gasteiger partial charge < -0.3 is 0 Å². The molecule has 1 heterocycles. The van der Waals surface area contributed by atoms with Gasteiger partial charge >= 0.3 is 0 Å². The van der Waals surface area contributed by atoms with Gasteiger partial charge in [-0.1, -0.05) is 48.0 Å². The van der Waals surface area contributed by atoms with Crippen molar-refractivity contribution in [3.8, 4) is 11.3 Å². The molecular formula is C21H21ClN4O3S2. The van der Waals surface area contributed by atoms with Crippen LogP contribution in [0.3, 0.4) is 0 Å². The lowest BCUT2D eigenvalue weighted by atomic mass is 10.1. The standard InChI is InChI=1S/C21H21ClN4O3S2/c1-14(2)26(21-24-19(13-30-21)17-10-6-7-11-18(17)22)23-12-15-8-4-5-9-16(15)20(27)25-31(3,28)29/h4-14H,1-3H3,(H,25,27)/b23-12+. The first-order valence-electron chi connectivity index (χ1n) is 9.30. The van der Waals surface area contributed by atoms with Gasteiger partial charge in [-0.25, -0.2) is 23.1 Å². The number of halogens is 1. The van der Waals surface area contributed by atoms with E-state index in [9.17, 15) is 13.2 Å². The Labute approximate surface area is 190 Å². The second-order valence-electron chi connectivity index (χ2n) is 6.97. The van der Waals surface area contributed by atoms with Gasteiger partial charge in [0.1, 0.15) is 0 Å². The highest BCUT2D eigenvalue weighted by Gasteiger charge is 2.17. The molecule has 7 nitrogen and oxygen atoms in total. The van der Waals surface area contributed by atoms with E-state index in [0.717, 1.165) is 17.5 Å². The summed E-state index contributed by atoms with van der Waals surface area (Å²) in [5.41, 5.74) is 2.27. The summed E-state index contributed by atoms with van der Waals surface area (Å²) in [6.07, 6.45) is 2.45. The molecule has 0 aliphatic heterocycles. The van der Waals surface area contributed by atoms with E-state index >= 15 is 0 Å². The minimum Gasteiger partial charge on any atom is -0.268 e. The molecule has 3 rings (SSSR count). The van der Waals surface area contributed by atoms with Gasteiger partial charge in [0.25, 0.3) is 5.91 Å². The monoisotopic (exact) mass is 476 g/mol. The van der Waals surface area contributed by atoms with Crippen molar-refractivity contribution in [1.82, 2.24) is 9.71 Å². The maximum Gasteiger partial charge on any atom is 0.265 e. The molecule has 162 valence electrons. The fourth-order valence-corrected chi connectivity index (χ4v) is 4.32. The minimum absolute atomic E-state index is 0.0153. The Hall–Kier alpha value is -2.75. The van der Waals surface area contributed by atoms with Gasteiger partial charge in [-0.3, -0.25) is 4.79 Å². The number of carbonyl (C=O) groups excluding carboxylic acids is 1. The summed E-state index contributed by atoms with van der Waals surface area (Å²) in [4.78, 5) is 17.0. The summed E-state index contributed by atoms with van der Waals surface area (Å²) in [6, 6.07) is 14.1. The van der Waals surface area contributed by atoms with Crippen LogP contribution >= 0.6 is 22.9 Å². The third-order valence-electron chi connectivity index (χ3n) is 4.13. The topological polar surface area (TPSA) is 91.7 Å². The van der Waals surface area contributed by atoms with E-state index in [1.165, 1.54) is 17.6 Å². The van der Waals surface area contributed by atoms with Gasteiger partial charge in [-0.15, -0.1) is 11.3 Å². The largest absolute Gasteiger partial charge is 0.268 e. The molecule has 2 aromatic carbocycles. The van der Waals surface area contributed by atoms with Crippen LogP contribution in [0.1, 0.15) is 29.8 Å². The van der Waals surface area contributed by atoms with E-state index in [2.05, 4.69) is 10.1 Å². The van der Waals surface area contributed by atoms with E-state index in [1.807, 2.05) is 48.2 Å². The molecule has 0 saturated heterocycles. The average molecular weight is 477 g/mol. The Kier molecular flexibility index (Phi) is 7.09. The number of thiazole rings is 1. The van der Waals surface area contributed by atoms with Crippen LogP contribution in [0.2, 0.25) is 5.02 Å². The predicted octanol–water partition coefficient (Wildman–Crippen LogP) is 4.40. The van der Waals surface area contributed by atoms with Crippen molar-refractivity contribution >= 4 is 50.2 Å². The first-order valence-corrected chi connectivity index (χ1v) is 12.5. The molecule has 0 spiro atoms. The van der Waals surface area contributed by atoms with Crippen molar-refractivity contribution in [1.29, 1.82) is 0 Å². The molecule has 0 radical (unpaired) electrons. The second-order valence-corrected chi connectivity index (χ2v) is 9.96. The average Bonchev–Trinajstić information content (AvgIpc) is 3.16. The van der Waals surface area contributed by atoms with Crippen molar-refractivity contribution in [2.45, 2.75) is 19.9 Å². The summed E-state index contributed by atoms with van der Waals surface area (Å²) in [6.45, 7) is 3.94. The quantitative estimate of drug-likeness (QED) is 0.403. The second kappa shape index (κ2) is 9.59. The number of aromatic nitrogens is 1. The molecule has 3 aromatic rings. The highest BCUT2D eigenvalue weighted by molar-refractivity contribution is 7.89. The zero-order valence-corrected chi connectivity index (χ0v) is 19.5. The van der Waals surface area contributed by atoms with Crippen LogP contribution < -0.4 is 9.73 Å². The molecule has 31 heavy (non-hydrogen) atoms. The molecule has 0 saturated carbocycles. The molecule has 10 heteroatoms. The summed E-state index contributed by atoms with van der Waals surface area (Å²) >= 11 is 7.71. The zero-order valence-electron chi connectivity index (χ0n) is 17.1. The number of hydrazone groups is 1. The number of carbonyl (C=O) groups is 1. The number of hydrogen-bond donors (Lipinski definition) is 1. The van der Waals surface area contributed by atoms with Crippen LogP contribution in [-0.2, 0) is 10.0 Å². The molecule has 0 unspecified atom stereocenters. The lowest BCUT2D eigenvalue weighted by Crippen LogP contribution is -2.30. The van der Waals surface area contributed by atoms with Crippen molar-refractivity contribution in [3.05, 3.63) is 70.1 Å². The smallest absolute Gasteiger partial charge is 0.265 e. The van der Waals surface area contributed by atoms with Crippen LogP contribution in [0.4, 0.5) is 5.13 Å². The van der Waals surface area contributed by atoms with Gasteiger partial charge in [0.2, 0.25) is 15.2 Å². The van der Waals surface area contributed by atoms with E-state index in [4.69, 9.17) is 11.6 Å². The highest BCUT2D eigenvalue weighted by atomic mass is 35.5. The van der Waals surface area contributed by atoms with Gasteiger partial charge in [0, 0.05) is 33.1 Å². The fraction of sp³-hybridized carbons (Fsp3) is 0.190. The van der Waals surface area contributed by atoms with E-state index in [0.29, 0.717) is 15.7 Å². The van der Waals surface area contributed by atoms with Crippen molar-refractivity contribution in [2.75, 3.05) is 11.3 Å². The van der Waals surface area contributed by atoms with E-state index < -0.39 is 15.9 Å². The van der Waals surface area contributed by atoms with E-state index in [-0.39, 0.29) is 11.6 Å².